The van der Waals surface area contributed by atoms with E-state index in [4.69, 9.17) is 4.74 Å². The lowest BCUT2D eigenvalue weighted by atomic mass is 10.4. The molecule has 0 radical (unpaired) electrons. The lowest BCUT2D eigenvalue weighted by Crippen LogP contribution is -2.18. The summed E-state index contributed by atoms with van der Waals surface area (Å²) in [5.41, 5.74) is 0.870. The maximum absolute atomic E-state index is 4.94. The van der Waals surface area contributed by atoms with Gasteiger partial charge < -0.3 is 10.1 Å². The van der Waals surface area contributed by atoms with Crippen molar-refractivity contribution in [1.29, 1.82) is 0 Å². The molecule has 18 heavy (non-hydrogen) atoms. The first kappa shape index (κ1) is 12.6. The Balaban J connectivity index is 1.82. The van der Waals surface area contributed by atoms with Crippen LogP contribution in [0, 0.1) is 0 Å². The minimum Gasteiger partial charge on any atom is -0.383 e. The highest BCUT2D eigenvalue weighted by atomic mass is 16.5. The summed E-state index contributed by atoms with van der Waals surface area (Å²) in [5, 5.41) is 23.0. The van der Waals surface area contributed by atoms with Gasteiger partial charge in [0.2, 0.25) is 0 Å². The van der Waals surface area contributed by atoms with E-state index in [0.717, 1.165) is 12.2 Å². The van der Waals surface area contributed by atoms with Crippen molar-refractivity contribution < 1.29 is 4.74 Å². The zero-order valence-corrected chi connectivity index (χ0v) is 10.4. The van der Waals surface area contributed by atoms with E-state index in [9.17, 15) is 0 Å². The van der Waals surface area contributed by atoms with Crippen LogP contribution >= 0.6 is 0 Å². The van der Waals surface area contributed by atoms with Crippen LogP contribution in [0.2, 0.25) is 0 Å². The molecular weight excluding hydrogens is 236 g/mol. The summed E-state index contributed by atoms with van der Waals surface area (Å²) in [6.07, 6.45) is 1.86. The first-order valence-corrected chi connectivity index (χ1v) is 5.59. The van der Waals surface area contributed by atoms with Crippen LogP contribution in [0.4, 0.5) is 0 Å². The number of nitrogens with one attached hydrogen (secondary N) is 1. The van der Waals surface area contributed by atoms with Crippen LogP contribution in [0.5, 0.6) is 0 Å². The Morgan fingerprint density at radius 1 is 1.33 bits per heavy atom. The van der Waals surface area contributed by atoms with E-state index >= 15 is 0 Å². The monoisotopic (exact) mass is 252 g/mol. The molecule has 2 aromatic heterocycles. The van der Waals surface area contributed by atoms with Gasteiger partial charge in [-0.1, -0.05) is 5.21 Å². The molecule has 2 aromatic rings. The van der Waals surface area contributed by atoms with Crippen molar-refractivity contribution in [1.82, 2.24) is 40.5 Å². The van der Waals surface area contributed by atoms with Crippen LogP contribution in [0.15, 0.2) is 6.20 Å². The quantitative estimate of drug-likeness (QED) is 0.604. The highest BCUT2D eigenvalue weighted by molar-refractivity contribution is 4.93. The molecule has 0 aliphatic rings. The van der Waals surface area contributed by atoms with Gasteiger partial charge in [-0.05, 0) is 5.21 Å². The van der Waals surface area contributed by atoms with Gasteiger partial charge in [0.25, 0.3) is 0 Å². The molecule has 9 heteroatoms. The average Bonchev–Trinajstić information content (AvgIpc) is 2.95. The van der Waals surface area contributed by atoms with Gasteiger partial charge in [0.15, 0.2) is 5.82 Å². The first-order chi connectivity index (χ1) is 8.78. The number of rotatable bonds is 7. The lowest BCUT2D eigenvalue weighted by Gasteiger charge is -1.99. The van der Waals surface area contributed by atoms with Crippen LogP contribution in [0.1, 0.15) is 11.5 Å². The molecule has 1 N–H and O–H groups in total. The summed E-state index contributed by atoms with van der Waals surface area (Å²) in [5.74, 6) is 0.612. The molecule has 0 bridgehead atoms. The highest BCUT2D eigenvalue weighted by Gasteiger charge is 2.04. The normalized spacial score (nSPS) is 11.0. The first-order valence-electron chi connectivity index (χ1n) is 5.59. The third-order valence-electron chi connectivity index (χ3n) is 2.23. The van der Waals surface area contributed by atoms with E-state index in [-0.39, 0.29) is 0 Å². The Labute approximate surface area is 104 Å². The summed E-state index contributed by atoms with van der Waals surface area (Å²) in [4.78, 5) is 1.42. The van der Waals surface area contributed by atoms with Crippen LogP contribution in [-0.4, -0.2) is 55.5 Å². The van der Waals surface area contributed by atoms with Gasteiger partial charge in [0.05, 0.1) is 25.5 Å². The largest absolute Gasteiger partial charge is 0.383 e. The molecule has 0 saturated heterocycles. The molecule has 0 aliphatic heterocycles. The molecule has 0 spiro atoms. The number of tetrazole rings is 1. The fourth-order valence-corrected chi connectivity index (χ4v) is 1.42. The molecule has 2 heterocycles. The topological polar surface area (TPSA) is 95.6 Å². The summed E-state index contributed by atoms with van der Waals surface area (Å²) in [7, 11) is 3.40. The molecule has 98 valence electrons. The molecule has 0 fully saturated rings. The number of nitrogens with zero attached hydrogens (tertiary/aromatic N) is 7. The average molecular weight is 252 g/mol. The summed E-state index contributed by atoms with van der Waals surface area (Å²) in [6.45, 7) is 2.60. The number of aromatic nitrogens is 7. The van der Waals surface area contributed by atoms with E-state index in [1.165, 1.54) is 4.80 Å². The highest BCUT2D eigenvalue weighted by Crippen LogP contribution is 1.95. The minimum absolute atomic E-state index is 0.471. The second-order valence-electron chi connectivity index (χ2n) is 3.77. The van der Waals surface area contributed by atoms with Crippen molar-refractivity contribution in [2.75, 3.05) is 20.3 Å². The third-order valence-corrected chi connectivity index (χ3v) is 2.23. The summed E-state index contributed by atoms with van der Waals surface area (Å²) in [6, 6.07) is 0. The molecule has 9 nitrogen and oxygen atoms in total. The van der Waals surface area contributed by atoms with Gasteiger partial charge in [-0.25, -0.2) is 4.68 Å². The Morgan fingerprint density at radius 3 is 2.94 bits per heavy atom. The maximum Gasteiger partial charge on any atom is 0.196 e. The van der Waals surface area contributed by atoms with Gasteiger partial charge in [-0.15, -0.1) is 15.3 Å². The number of aryl methyl sites for hydroxylation is 1. The Morgan fingerprint density at radius 2 is 2.22 bits per heavy atom. The van der Waals surface area contributed by atoms with E-state index in [0.29, 0.717) is 25.5 Å². The van der Waals surface area contributed by atoms with Crippen LogP contribution < -0.4 is 5.32 Å². The van der Waals surface area contributed by atoms with E-state index in [2.05, 4.69) is 31.0 Å². The lowest BCUT2D eigenvalue weighted by molar-refractivity contribution is 0.199. The number of ether oxygens (including phenoxy) is 1. The fraction of sp³-hybridized carbons (Fsp3) is 0.667. The zero-order valence-electron chi connectivity index (χ0n) is 10.4. The van der Waals surface area contributed by atoms with Gasteiger partial charge >= 0.3 is 0 Å². The summed E-state index contributed by atoms with van der Waals surface area (Å²) < 4.78 is 6.62. The minimum atomic E-state index is 0.471. The van der Waals surface area contributed by atoms with Gasteiger partial charge in [-0.3, -0.25) is 0 Å². The zero-order chi connectivity index (χ0) is 12.8. The second kappa shape index (κ2) is 6.17. The van der Waals surface area contributed by atoms with Crippen molar-refractivity contribution in [3.05, 3.63) is 17.7 Å². The Kier molecular flexibility index (Phi) is 4.31. The molecule has 0 aliphatic carbocycles. The Bertz CT molecular complexity index is 478. The molecular formula is C9H16N8O. The summed E-state index contributed by atoms with van der Waals surface area (Å²) >= 11 is 0. The van der Waals surface area contributed by atoms with E-state index in [1.54, 1.807) is 18.8 Å². The van der Waals surface area contributed by atoms with Crippen molar-refractivity contribution in [2.45, 2.75) is 13.1 Å². The molecule has 0 aromatic carbocycles. The molecule has 2 rings (SSSR count). The van der Waals surface area contributed by atoms with Gasteiger partial charge in [0, 0.05) is 20.2 Å². The van der Waals surface area contributed by atoms with Gasteiger partial charge in [-0.2, -0.15) is 4.80 Å². The van der Waals surface area contributed by atoms with Crippen molar-refractivity contribution in [2.24, 2.45) is 7.05 Å². The van der Waals surface area contributed by atoms with Crippen molar-refractivity contribution in [3.63, 3.8) is 0 Å². The predicted molar refractivity (Wildman–Crippen MR) is 61.5 cm³/mol. The molecule has 0 unspecified atom stereocenters. The molecule has 0 atom stereocenters. The predicted octanol–water partition coefficient (Wildman–Crippen LogP) is -1.41. The smallest absolute Gasteiger partial charge is 0.196 e. The fourth-order valence-electron chi connectivity index (χ4n) is 1.42. The molecule has 0 amide bonds. The number of methoxy groups -OCH3 is 1. The van der Waals surface area contributed by atoms with Crippen LogP contribution in [0.25, 0.3) is 0 Å². The van der Waals surface area contributed by atoms with Crippen molar-refractivity contribution >= 4 is 0 Å². The number of hydrogen-bond acceptors (Lipinski definition) is 7. The van der Waals surface area contributed by atoms with Gasteiger partial charge in [0.1, 0.15) is 6.54 Å². The maximum atomic E-state index is 4.94. The van der Waals surface area contributed by atoms with E-state index < -0.39 is 0 Å². The second-order valence-corrected chi connectivity index (χ2v) is 3.77. The number of hydrogen-bond donors (Lipinski definition) is 1. The van der Waals surface area contributed by atoms with Crippen LogP contribution in [-0.2, 0) is 24.9 Å². The van der Waals surface area contributed by atoms with Crippen LogP contribution in [0.3, 0.4) is 0 Å². The van der Waals surface area contributed by atoms with Crippen molar-refractivity contribution in [3.8, 4) is 0 Å². The Hall–Kier alpha value is -1.87. The SMILES string of the molecule is COCCNCc1cn(Cc2nnn(C)n2)nn1. The third kappa shape index (κ3) is 3.57. The van der Waals surface area contributed by atoms with E-state index in [1.807, 2.05) is 6.20 Å². The molecule has 0 saturated carbocycles. The standard InChI is InChI=1S/C9H16N8O/c1-16-13-9(12-14-16)7-17-6-8(11-15-17)5-10-3-4-18-2/h6,10H,3-5,7H2,1-2H3.